The number of hydrogen-bond donors (Lipinski definition) is 0. The van der Waals surface area contributed by atoms with E-state index in [2.05, 4.69) is 51.9 Å². The van der Waals surface area contributed by atoms with Gasteiger partial charge in [0.2, 0.25) is 11.7 Å². The molecule has 39 heavy (non-hydrogen) atoms. The van der Waals surface area contributed by atoms with Gasteiger partial charge in [-0.15, -0.1) is 0 Å². The molecular formula is C31H39N5O3. The first-order valence-corrected chi connectivity index (χ1v) is 14.7. The monoisotopic (exact) mass is 529 g/mol. The third-order valence-electron chi connectivity index (χ3n) is 9.42. The Kier molecular flexibility index (Phi) is 5.71. The van der Waals surface area contributed by atoms with Crippen molar-refractivity contribution in [3.05, 3.63) is 53.3 Å². The van der Waals surface area contributed by atoms with Crippen molar-refractivity contribution in [3.8, 4) is 0 Å². The van der Waals surface area contributed by atoms with Crippen LogP contribution in [0, 0.1) is 5.41 Å². The van der Waals surface area contributed by atoms with Gasteiger partial charge < -0.3 is 18.7 Å². The predicted molar refractivity (Wildman–Crippen MR) is 149 cm³/mol. The van der Waals surface area contributed by atoms with Gasteiger partial charge >= 0.3 is 6.09 Å². The maximum Gasteiger partial charge on any atom is 0.410 e. The number of hydrogen-bond acceptors (Lipinski definition) is 6. The zero-order chi connectivity index (χ0) is 26.9. The number of rotatable bonds is 3. The average Bonchev–Trinajstić information content (AvgIpc) is 3.55. The number of benzene rings is 1. The Hall–Kier alpha value is -3.13. The lowest BCUT2D eigenvalue weighted by molar-refractivity contribution is 0.0198. The first-order chi connectivity index (χ1) is 18.8. The highest BCUT2D eigenvalue weighted by molar-refractivity contribution is 5.91. The van der Waals surface area contributed by atoms with Crippen LogP contribution >= 0.6 is 0 Å². The van der Waals surface area contributed by atoms with Crippen molar-refractivity contribution in [2.24, 2.45) is 5.41 Å². The van der Waals surface area contributed by atoms with Gasteiger partial charge in [0.25, 0.3) is 0 Å². The molecule has 0 saturated carbocycles. The molecule has 2 aromatic heterocycles. The number of para-hydroxylation sites is 1. The van der Waals surface area contributed by atoms with Crippen LogP contribution in [0.15, 0.2) is 34.9 Å². The van der Waals surface area contributed by atoms with Gasteiger partial charge in [0.1, 0.15) is 5.60 Å². The van der Waals surface area contributed by atoms with Gasteiger partial charge in [0.05, 0.1) is 17.3 Å². The highest BCUT2D eigenvalue weighted by atomic mass is 16.6. The van der Waals surface area contributed by atoms with Crippen molar-refractivity contribution in [1.29, 1.82) is 0 Å². The molecule has 0 spiro atoms. The Labute approximate surface area is 230 Å². The van der Waals surface area contributed by atoms with Crippen LogP contribution < -0.4 is 0 Å². The van der Waals surface area contributed by atoms with Crippen LogP contribution in [0.2, 0.25) is 0 Å². The molecule has 8 nitrogen and oxygen atoms in total. The second kappa shape index (κ2) is 8.95. The van der Waals surface area contributed by atoms with E-state index in [1.54, 1.807) is 4.90 Å². The van der Waals surface area contributed by atoms with E-state index in [9.17, 15) is 4.79 Å². The molecule has 4 aliphatic heterocycles. The van der Waals surface area contributed by atoms with E-state index in [4.69, 9.17) is 14.2 Å². The van der Waals surface area contributed by atoms with Crippen molar-refractivity contribution >= 4 is 22.7 Å². The second-order valence-electron chi connectivity index (χ2n) is 12.8. The average molecular weight is 530 g/mol. The van der Waals surface area contributed by atoms with Gasteiger partial charge in [0.15, 0.2) is 0 Å². The summed E-state index contributed by atoms with van der Waals surface area (Å²) in [6.07, 6.45) is 8.39. The van der Waals surface area contributed by atoms with Crippen LogP contribution in [0.5, 0.6) is 0 Å². The number of carbonyl (C=O) groups excluding carboxylic acids is 1. The maximum atomic E-state index is 12.5. The summed E-state index contributed by atoms with van der Waals surface area (Å²) in [5.74, 6) is 1.50. The molecule has 0 aliphatic carbocycles. The molecule has 0 unspecified atom stereocenters. The van der Waals surface area contributed by atoms with E-state index in [0.717, 1.165) is 37.9 Å². The van der Waals surface area contributed by atoms with E-state index in [1.165, 1.54) is 41.5 Å². The molecule has 2 atom stereocenters. The minimum Gasteiger partial charge on any atom is -0.444 e. The third-order valence-corrected chi connectivity index (χ3v) is 9.42. The Bertz CT molecular complexity index is 1450. The number of nitrogens with zero attached hydrogens (tertiary/aromatic N) is 5. The first-order valence-electron chi connectivity index (χ1n) is 14.7. The summed E-state index contributed by atoms with van der Waals surface area (Å²) in [7, 11) is 0. The zero-order valence-electron chi connectivity index (χ0n) is 23.6. The molecule has 1 amide bonds. The van der Waals surface area contributed by atoms with Crippen molar-refractivity contribution in [2.75, 3.05) is 26.2 Å². The fourth-order valence-electron chi connectivity index (χ4n) is 7.58. The summed E-state index contributed by atoms with van der Waals surface area (Å²) in [6, 6.07) is 9.21. The fourth-order valence-corrected chi connectivity index (χ4v) is 7.58. The Morgan fingerprint density at radius 2 is 1.95 bits per heavy atom. The lowest BCUT2D eigenvalue weighted by Gasteiger charge is -2.53. The van der Waals surface area contributed by atoms with Crippen LogP contribution in [-0.4, -0.2) is 62.4 Å². The molecular weight excluding hydrogens is 490 g/mol. The van der Waals surface area contributed by atoms with Gasteiger partial charge in [-0.25, -0.2) is 4.79 Å². The molecule has 206 valence electrons. The molecule has 1 aromatic carbocycles. The molecule has 0 bridgehead atoms. The number of ether oxygens (including phenoxy) is 1. The molecule has 4 aliphatic rings. The van der Waals surface area contributed by atoms with E-state index >= 15 is 0 Å². The van der Waals surface area contributed by atoms with Crippen molar-refractivity contribution < 1.29 is 14.1 Å². The molecule has 0 radical (unpaired) electrons. The van der Waals surface area contributed by atoms with E-state index in [1.807, 2.05) is 20.8 Å². The van der Waals surface area contributed by atoms with Crippen molar-refractivity contribution in [1.82, 2.24) is 24.5 Å². The molecule has 0 N–H and O–H groups in total. The fraction of sp³-hybridized carbons (Fsp3) is 0.581. The summed E-state index contributed by atoms with van der Waals surface area (Å²) in [5.41, 5.74) is 4.83. The lowest BCUT2D eigenvalue weighted by Crippen LogP contribution is -2.50. The third kappa shape index (κ3) is 3.93. The maximum absolute atomic E-state index is 12.5. The highest BCUT2D eigenvalue weighted by Gasteiger charge is 2.51. The zero-order valence-corrected chi connectivity index (χ0v) is 23.6. The molecule has 8 heteroatoms. The normalized spacial score (nSPS) is 25.5. The van der Waals surface area contributed by atoms with E-state index in [-0.39, 0.29) is 17.4 Å². The van der Waals surface area contributed by atoms with Crippen molar-refractivity contribution in [2.45, 2.75) is 83.8 Å². The standard InChI is InChI=1S/C31H39N5O3/c1-5-31-14-8-15-34-18-13-22-21-9-6-7-10-23(21)36(25(22)26(31)34)24(19-31)27-32-28(39-33-27)20-11-16-35(17-12-20)29(37)38-30(2,3)4/h6-7,9-10,19-20,26H,5,8,11-18H2,1-4H3/t26-,31+/m1/s1. The van der Waals surface area contributed by atoms with Gasteiger partial charge in [-0.05, 0) is 83.5 Å². The lowest BCUT2D eigenvalue weighted by atomic mass is 9.66. The van der Waals surface area contributed by atoms with Gasteiger partial charge in [0, 0.05) is 42.0 Å². The topological polar surface area (TPSA) is 76.6 Å². The highest BCUT2D eigenvalue weighted by Crippen LogP contribution is 2.57. The Morgan fingerprint density at radius 3 is 2.72 bits per heavy atom. The second-order valence-corrected chi connectivity index (χ2v) is 12.8. The Balaban J connectivity index is 1.23. The number of piperidine rings is 2. The molecule has 3 aromatic rings. The molecule has 2 fully saturated rings. The van der Waals surface area contributed by atoms with E-state index < -0.39 is 5.60 Å². The number of fused-ring (bicyclic) bond motifs is 3. The first kappa shape index (κ1) is 24.9. The van der Waals surface area contributed by atoms with Crippen LogP contribution in [0.4, 0.5) is 4.79 Å². The van der Waals surface area contributed by atoms with Gasteiger partial charge in [-0.1, -0.05) is 30.3 Å². The number of likely N-dealkylation sites (tertiary alicyclic amines) is 1. The number of aromatic nitrogens is 3. The summed E-state index contributed by atoms with van der Waals surface area (Å²) < 4.78 is 14.0. The van der Waals surface area contributed by atoms with Gasteiger partial charge in [-0.2, -0.15) is 4.98 Å². The molecule has 2 saturated heterocycles. The summed E-state index contributed by atoms with van der Waals surface area (Å²) >= 11 is 0. The van der Waals surface area contributed by atoms with Crippen LogP contribution in [-0.2, 0) is 11.2 Å². The summed E-state index contributed by atoms with van der Waals surface area (Å²) in [6.45, 7) is 11.6. The molecule has 7 rings (SSSR count). The van der Waals surface area contributed by atoms with Gasteiger partial charge in [-0.3, -0.25) is 4.90 Å². The van der Waals surface area contributed by atoms with E-state index in [0.29, 0.717) is 30.8 Å². The molecule has 6 heterocycles. The van der Waals surface area contributed by atoms with Crippen LogP contribution in [0.25, 0.3) is 16.6 Å². The van der Waals surface area contributed by atoms with Crippen LogP contribution in [0.3, 0.4) is 0 Å². The predicted octanol–water partition coefficient (Wildman–Crippen LogP) is 6.13. The SMILES string of the molecule is CC[C@@]12C=C(c3noc(C4CCN(C(=O)OC(C)(C)C)CC4)n3)n3c4c(c5ccccc53)CCN(CCC1)[C@H]42. The minimum absolute atomic E-state index is 0.0761. The number of carbonyl (C=O) groups is 1. The minimum atomic E-state index is -0.491. The summed E-state index contributed by atoms with van der Waals surface area (Å²) in [4.78, 5) is 22.1. The van der Waals surface area contributed by atoms with Crippen LogP contribution in [0.1, 0.15) is 94.7 Å². The van der Waals surface area contributed by atoms with Crippen molar-refractivity contribution in [3.63, 3.8) is 0 Å². The number of amides is 1. The largest absolute Gasteiger partial charge is 0.444 e. The summed E-state index contributed by atoms with van der Waals surface area (Å²) in [5, 5.41) is 5.93. The smallest absolute Gasteiger partial charge is 0.410 e. The Morgan fingerprint density at radius 1 is 1.15 bits per heavy atom. The quantitative estimate of drug-likeness (QED) is 0.406.